The molecule has 1 atom stereocenters. The van der Waals surface area contributed by atoms with Crippen LogP contribution in [0.2, 0.25) is 0 Å². The molecule has 0 aromatic carbocycles. The third kappa shape index (κ3) is 3.16. The number of hydrogen-bond donors (Lipinski definition) is 0. The van der Waals surface area contributed by atoms with Crippen molar-refractivity contribution in [3.8, 4) is 0 Å². The van der Waals surface area contributed by atoms with E-state index in [1.165, 1.54) is 0 Å². The van der Waals surface area contributed by atoms with E-state index in [0.717, 1.165) is 41.9 Å². The predicted molar refractivity (Wildman–Crippen MR) is 79.2 cm³/mol. The van der Waals surface area contributed by atoms with E-state index in [4.69, 9.17) is 4.74 Å². The van der Waals surface area contributed by atoms with Crippen molar-refractivity contribution in [2.24, 2.45) is 0 Å². The summed E-state index contributed by atoms with van der Waals surface area (Å²) in [5, 5.41) is 0. The number of morpholine rings is 1. The molecule has 0 aliphatic carbocycles. The van der Waals surface area contributed by atoms with Gasteiger partial charge < -0.3 is 9.64 Å². The second-order valence-corrected chi connectivity index (χ2v) is 5.25. The number of aryl methyl sites for hydroxylation is 3. The summed E-state index contributed by atoms with van der Waals surface area (Å²) in [7, 11) is 0. The van der Waals surface area contributed by atoms with Crippen molar-refractivity contribution < 1.29 is 4.74 Å². The molecule has 6 nitrogen and oxygen atoms in total. The zero-order valence-corrected chi connectivity index (χ0v) is 12.6. The first-order valence-electron chi connectivity index (χ1n) is 7.10. The van der Waals surface area contributed by atoms with E-state index in [9.17, 15) is 0 Å². The Morgan fingerprint density at radius 1 is 1.14 bits per heavy atom. The number of aromatic nitrogens is 4. The van der Waals surface area contributed by atoms with Crippen molar-refractivity contribution in [1.29, 1.82) is 0 Å². The number of hydrogen-bond acceptors (Lipinski definition) is 6. The molecule has 1 saturated heterocycles. The van der Waals surface area contributed by atoms with Crippen molar-refractivity contribution in [2.75, 3.05) is 24.6 Å². The van der Waals surface area contributed by atoms with Gasteiger partial charge in [0.05, 0.1) is 18.8 Å². The maximum atomic E-state index is 5.88. The Morgan fingerprint density at radius 3 is 2.76 bits per heavy atom. The molecule has 2 aromatic heterocycles. The van der Waals surface area contributed by atoms with Crippen LogP contribution in [0.5, 0.6) is 0 Å². The summed E-state index contributed by atoms with van der Waals surface area (Å²) in [6, 6.07) is 3.93. The van der Waals surface area contributed by atoms with E-state index in [2.05, 4.69) is 24.8 Å². The first kappa shape index (κ1) is 13.9. The maximum absolute atomic E-state index is 5.88. The Balaban J connectivity index is 1.82. The van der Waals surface area contributed by atoms with Gasteiger partial charge in [-0.1, -0.05) is 0 Å². The van der Waals surface area contributed by atoms with Crippen molar-refractivity contribution in [3.05, 3.63) is 41.4 Å². The molecular formula is C15H19N5O. The summed E-state index contributed by atoms with van der Waals surface area (Å²) in [5.74, 6) is 2.51. The summed E-state index contributed by atoms with van der Waals surface area (Å²) in [6.07, 6.45) is 1.75. The fourth-order valence-electron chi connectivity index (χ4n) is 2.57. The van der Waals surface area contributed by atoms with Crippen LogP contribution in [0.15, 0.2) is 18.3 Å². The van der Waals surface area contributed by atoms with Gasteiger partial charge in [0.1, 0.15) is 23.6 Å². The van der Waals surface area contributed by atoms with Gasteiger partial charge in [-0.2, -0.15) is 0 Å². The van der Waals surface area contributed by atoms with Crippen LogP contribution in [0.25, 0.3) is 0 Å². The zero-order chi connectivity index (χ0) is 14.8. The van der Waals surface area contributed by atoms with Gasteiger partial charge in [0.25, 0.3) is 0 Å². The van der Waals surface area contributed by atoms with Crippen LogP contribution in [-0.2, 0) is 4.74 Å². The normalized spacial score (nSPS) is 18.8. The lowest BCUT2D eigenvalue weighted by molar-refractivity contribution is 0.0365. The standard InChI is InChI=1S/C15H19N5O/c1-10-8-13(18-12(3)17-10)14-9-20(6-7-21-14)15-4-5-16-11(2)19-15/h4-5,8,14H,6-7,9H2,1-3H3/t14-/m0/s1. The highest BCUT2D eigenvalue weighted by Crippen LogP contribution is 2.24. The molecule has 6 heteroatoms. The minimum atomic E-state index is -0.0468. The van der Waals surface area contributed by atoms with Gasteiger partial charge in [0.15, 0.2) is 0 Å². The Morgan fingerprint density at radius 2 is 2.00 bits per heavy atom. The second kappa shape index (κ2) is 5.73. The molecule has 0 unspecified atom stereocenters. The third-order valence-electron chi connectivity index (χ3n) is 3.47. The van der Waals surface area contributed by atoms with Gasteiger partial charge >= 0.3 is 0 Å². The van der Waals surface area contributed by atoms with E-state index in [-0.39, 0.29) is 6.10 Å². The lowest BCUT2D eigenvalue weighted by Crippen LogP contribution is -2.39. The largest absolute Gasteiger partial charge is 0.368 e. The quantitative estimate of drug-likeness (QED) is 0.838. The molecule has 0 amide bonds. The van der Waals surface area contributed by atoms with Gasteiger partial charge in [-0.05, 0) is 32.9 Å². The number of nitrogens with zero attached hydrogens (tertiary/aromatic N) is 5. The van der Waals surface area contributed by atoms with Crippen LogP contribution in [0, 0.1) is 20.8 Å². The molecule has 1 aliphatic rings. The molecule has 1 aliphatic heterocycles. The van der Waals surface area contributed by atoms with Crippen molar-refractivity contribution in [3.63, 3.8) is 0 Å². The first-order chi connectivity index (χ1) is 10.1. The molecule has 0 bridgehead atoms. The number of ether oxygens (including phenoxy) is 1. The molecule has 0 N–H and O–H groups in total. The monoisotopic (exact) mass is 285 g/mol. The van der Waals surface area contributed by atoms with Crippen molar-refractivity contribution in [1.82, 2.24) is 19.9 Å². The van der Waals surface area contributed by atoms with Gasteiger partial charge in [-0.25, -0.2) is 19.9 Å². The van der Waals surface area contributed by atoms with E-state index in [1.54, 1.807) is 6.20 Å². The van der Waals surface area contributed by atoms with Gasteiger partial charge in [0.2, 0.25) is 0 Å². The Kier molecular flexibility index (Phi) is 3.79. The lowest BCUT2D eigenvalue weighted by Gasteiger charge is -2.33. The highest BCUT2D eigenvalue weighted by molar-refractivity contribution is 5.38. The number of rotatable bonds is 2. The SMILES string of the molecule is Cc1cc([C@@H]2CN(c3ccnc(C)n3)CCO2)nc(C)n1. The van der Waals surface area contributed by atoms with E-state index in [1.807, 2.05) is 32.9 Å². The molecule has 0 radical (unpaired) electrons. The predicted octanol–water partition coefficient (Wildman–Crippen LogP) is 1.77. The molecule has 21 heavy (non-hydrogen) atoms. The Labute approximate surface area is 124 Å². The average Bonchev–Trinajstić information content (AvgIpc) is 2.46. The van der Waals surface area contributed by atoms with Crippen molar-refractivity contribution >= 4 is 5.82 Å². The fraction of sp³-hybridized carbons (Fsp3) is 0.467. The average molecular weight is 285 g/mol. The Bertz CT molecular complexity index is 625. The summed E-state index contributed by atoms with van der Waals surface area (Å²) < 4.78 is 5.88. The highest BCUT2D eigenvalue weighted by Gasteiger charge is 2.24. The molecule has 3 heterocycles. The van der Waals surface area contributed by atoms with Crippen LogP contribution in [0.4, 0.5) is 5.82 Å². The minimum Gasteiger partial charge on any atom is -0.368 e. The lowest BCUT2D eigenvalue weighted by atomic mass is 10.1. The summed E-state index contributed by atoms with van der Waals surface area (Å²) in [5.41, 5.74) is 1.91. The zero-order valence-electron chi connectivity index (χ0n) is 12.6. The molecule has 2 aromatic rings. The van der Waals surface area contributed by atoms with E-state index in [0.29, 0.717) is 6.61 Å². The third-order valence-corrected chi connectivity index (χ3v) is 3.47. The van der Waals surface area contributed by atoms with Crippen molar-refractivity contribution in [2.45, 2.75) is 26.9 Å². The highest BCUT2D eigenvalue weighted by atomic mass is 16.5. The molecule has 110 valence electrons. The molecule has 3 rings (SSSR count). The smallest absolute Gasteiger partial charge is 0.132 e. The Hall–Kier alpha value is -2.08. The molecule has 0 saturated carbocycles. The molecule has 0 spiro atoms. The van der Waals surface area contributed by atoms with Gasteiger partial charge in [0, 0.05) is 18.4 Å². The van der Waals surface area contributed by atoms with Crippen LogP contribution >= 0.6 is 0 Å². The van der Waals surface area contributed by atoms with E-state index < -0.39 is 0 Å². The second-order valence-electron chi connectivity index (χ2n) is 5.25. The first-order valence-corrected chi connectivity index (χ1v) is 7.10. The fourth-order valence-corrected chi connectivity index (χ4v) is 2.57. The molecular weight excluding hydrogens is 266 g/mol. The van der Waals surface area contributed by atoms with Crippen LogP contribution in [0.3, 0.4) is 0 Å². The maximum Gasteiger partial charge on any atom is 0.132 e. The van der Waals surface area contributed by atoms with Gasteiger partial charge in [-0.15, -0.1) is 0 Å². The van der Waals surface area contributed by atoms with Crippen LogP contribution < -0.4 is 4.90 Å². The van der Waals surface area contributed by atoms with Crippen LogP contribution in [-0.4, -0.2) is 39.6 Å². The number of anilines is 1. The van der Waals surface area contributed by atoms with Gasteiger partial charge in [-0.3, -0.25) is 0 Å². The topological polar surface area (TPSA) is 64.0 Å². The molecule has 1 fully saturated rings. The summed E-state index contributed by atoms with van der Waals surface area (Å²) >= 11 is 0. The minimum absolute atomic E-state index is 0.0468. The summed E-state index contributed by atoms with van der Waals surface area (Å²) in [4.78, 5) is 19.7. The summed E-state index contributed by atoms with van der Waals surface area (Å²) in [6.45, 7) is 8.02. The van der Waals surface area contributed by atoms with E-state index >= 15 is 0 Å². The van der Waals surface area contributed by atoms with Crippen LogP contribution in [0.1, 0.15) is 29.1 Å².